The van der Waals surface area contributed by atoms with E-state index in [1.165, 1.54) is 0 Å². The molecule has 0 aliphatic carbocycles. The predicted octanol–water partition coefficient (Wildman–Crippen LogP) is 1.96. The number of aryl methyl sites for hydroxylation is 1. The molecule has 0 spiro atoms. The largest absolute Gasteiger partial charge is 0.338 e. The lowest BCUT2D eigenvalue weighted by molar-refractivity contribution is 0.606. The molecule has 0 fully saturated rings. The van der Waals surface area contributed by atoms with Gasteiger partial charge < -0.3 is 9.88 Å². The Bertz CT molecular complexity index is 271. The van der Waals surface area contributed by atoms with Crippen LogP contribution in [-0.4, -0.2) is 28.0 Å². The fourth-order valence-electron chi connectivity index (χ4n) is 1.47. The van der Waals surface area contributed by atoms with Crippen molar-refractivity contribution in [3.05, 3.63) is 18.2 Å². The minimum atomic E-state index is 0.293. The van der Waals surface area contributed by atoms with Crippen LogP contribution in [0.15, 0.2) is 12.4 Å². The van der Waals surface area contributed by atoms with E-state index in [0.29, 0.717) is 5.38 Å². The Balaban J connectivity index is 2.00. The van der Waals surface area contributed by atoms with Crippen molar-refractivity contribution in [1.82, 2.24) is 14.9 Å². The van der Waals surface area contributed by atoms with Gasteiger partial charge in [0.1, 0.15) is 5.82 Å². The molecule has 1 aromatic rings. The van der Waals surface area contributed by atoms with Crippen LogP contribution in [0.1, 0.15) is 25.6 Å². The standard InChI is InChI=1S/C11H20ClN3/c1-10(12)4-3-6-13-7-5-11-14-8-9-15(11)2/h8-10,13H,3-7H2,1-2H3. The van der Waals surface area contributed by atoms with Gasteiger partial charge >= 0.3 is 0 Å². The van der Waals surface area contributed by atoms with Gasteiger partial charge in [-0.25, -0.2) is 4.98 Å². The highest BCUT2D eigenvalue weighted by molar-refractivity contribution is 6.20. The minimum absolute atomic E-state index is 0.293. The highest BCUT2D eigenvalue weighted by Crippen LogP contribution is 2.02. The third-order valence-corrected chi connectivity index (χ3v) is 2.62. The third kappa shape index (κ3) is 5.19. The molecule has 1 unspecified atom stereocenters. The Morgan fingerprint density at radius 3 is 2.93 bits per heavy atom. The van der Waals surface area contributed by atoms with Crippen molar-refractivity contribution in [3.63, 3.8) is 0 Å². The second kappa shape index (κ2) is 6.85. The number of rotatable bonds is 7. The van der Waals surface area contributed by atoms with Gasteiger partial charge in [-0.1, -0.05) is 0 Å². The van der Waals surface area contributed by atoms with E-state index in [0.717, 1.165) is 38.2 Å². The summed E-state index contributed by atoms with van der Waals surface area (Å²) in [5, 5.41) is 3.69. The first-order valence-electron chi connectivity index (χ1n) is 5.51. The Kier molecular flexibility index (Phi) is 5.73. The Morgan fingerprint density at radius 1 is 1.53 bits per heavy atom. The number of hydrogen-bond acceptors (Lipinski definition) is 2. The van der Waals surface area contributed by atoms with Gasteiger partial charge in [-0.15, -0.1) is 11.6 Å². The average Bonchev–Trinajstić information content (AvgIpc) is 2.57. The zero-order valence-electron chi connectivity index (χ0n) is 9.54. The fourth-order valence-corrected chi connectivity index (χ4v) is 1.63. The molecule has 0 aliphatic heterocycles. The fraction of sp³-hybridized carbons (Fsp3) is 0.727. The molecule has 0 aromatic carbocycles. The number of aromatic nitrogens is 2. The number of halogens is 1. The number of nitrogens with zero attached hydrogens (tertiary/aromatic N) is 2. The van der Waals surface area contributed by atoms with Crippen LogP contribution < -0.4 is 5.32 Å². The summed E-state index contributed by atoms with van der Waals surface area (Å²) < 4.78 is 2.06. The molecule has 1 aromatic heterocycles. The van der Waals surface area contributed by atoms with Crippen molar-refractivity contribution in [1.29, 1.82) is 0 Å². The van der Waals surface area contributed by atoms with E-state index in [-0.39, 0.29) is 0 Å². The van der Waals surface area contributed by atoms with Gasteiger partial charge in [0.2, 0.25) is 0 Å². The molecule has 1 N–H and O–H groups in total. The van der Waals surface area contributed by atoms with Gasteiger partial charge in [-0.3, -0.25) is 0 Å². The third-order valence-electron chi connectivity index (χ3n) is 2.40. The van der Waals surface area contributed by atoms with Gasteiger partial charge in [0, 0.05) is 37.8 Å². The molecule has 1 atom stereocenters. The Hall–Kier alpha value is -0.540. The number of nitrogens with one attached hydrogen (secondary N) is 1. The monoisotopic (exact) mass is 229 g/mol. The predicted molar refractivity (Wildman–Crippen MR) is 64.3 cm³/mol. The normalized spacial score (nSPS) is 13.0. The first-order valence-corrected chi connectivity index (χ1v) is 5.95. The molecular formula is C11H20ClN3. The molecule has 1 heterocycles. The summed E-state index contributed by atoms with van der Waals surface area (Å²) in [6.45, 7) is 4.07. The zero-order chi connectivity index (χ0) is 11.1. The van der Waals surface area contributed by atoms with Crippen molar-refractivity contribution in [2.45, 2.75) is 31.6 Å². The second-order valence-corrected chi connectivity index (χ2v) is 4.62. The van der Waals surface area contributed by atoms with Crippen molar-refractivity contribution in [2.24, 2.45) is 7.05 Å². The Labute approximate surface area is 96.8 Å². The van der Waals surface area contributed by atoms with E-state index in [1.54, 1.807) is 0 Å². The molecule has 0 aliphatic rings. The first kappa shape index (κ1) is 12.5. The van der Waals surface area contributed by atoms with Crippen LogP contribution in [0.3, 0.4) is 0 Å². The van der Waals surface area contributed by atoms with E-state index in [9.17, 15) is 0 Å². The maximum Gasteiger partial charge on any atom is 0.109 e. The van der Waals surface area contributed by atoms with Crippen molar-refractivity contribution >= 4 is 11.6 Å². The van der Waals surface area contributed by atoms with Crippen LogP contribution >= 0.6 is 11.6 Å². The molecule has 86 valence electrons. The number of hydrogen-bond donors (Lipinski definition) is 1. The van der Waals surface area contributed by atoms with Gasteiger partial charge in [0.05, 0.1) is 0 Å². The summed E-state index contributed by atoms with van der Waals surface area (Å²) in [5.74, 6) is 1.13. The lowest BCUT2D eigenvalue weighted by Crippen LogP contribution is -2.20. The number of alkyl halides is 1. The zero-order valence-corrected chi connectivity index (χ0v) is 10.3. The van der Waals surface area contributed by atoms with E-state index in [1.807, 2.05) is 26.4 Å². The SMILES string of the molecule is CC(Cl)CCCNCCc1nccn1C. The van der Waals surface area contributed by atoms with Gasteiger partial charge in [0.15, 0.2) is 0 Å². The highest BCUT2D eigenvalue weighted by Gasteiger charge is 1.98. The van der Waals surface area contributed by atoms with E-state index >= 15 is 0 Å². The molecule has 0 amide bonds. The molecule has 1 rings (SSSR count). The summed E-state index contributed by atoms with van der Waals surface area (Å²) in [5.41, 5.74) is 0. The van der Waals surface area contributed by atoms with Gasteiger partial charge in [0.25, 0.3) is 0 Å². The maximum absolute atomic E-state index is 5.85. The summed E-state index contributed by atoms with van der Waals surface area (Å²) >= 11 is 5.85. The number of imidazole rings is 1. The average molecular weight is 230 g/mol. The molecule has 0 saturated carbocycles. The van der Waals surface area contributed by atoms with Crippen LogP contribution in [0.4, 0.5) is 0 Å². The second-order valence-electron chi connectivity index (χ2n) is 3.88. The van der Waals surface area contributed by atoms with Crippen molar-refractivity contribution in [2.75, 3.05) is 13.1 Å². The lowest BCUT2D eigenvalue weighted by atomic mass is 10.2. The van der Waals surface area contributed by atoms with Crippen molar-refractivity contribution in [3.8, 4) is 0 Å². The molecule has 0 bridgehead atoms. The van der Waals surface area contributed by atoms with Crippen LogP contribution in [0, 0.1) is 0 Å². The van der Waals surface area contributed by atoms with Gasteiger partial charge in [-0.05, 0) is 26.3 Å². The molecule has 4 heteroatoms. The quantitative estimate of drug-likeness (QED) is 0.572. The smallest absolute Gasteiger partial charge is 0.109 e. The van der Waals surface area contributed by atoms with E-state index < -0.39 is 0 Å². The summed E-state index contributed by atoms with van der Waals surface area (Å²) in [7, 11) is 2.03. The summed E-state index contributed by atoms with van der Waals surface area (Å²) in [6.07, 6.45) is 7.02. The molecular weight excluding hydrogens is 210 g/mol. The molecule has 0 saturated heterocycles. The van der Waals surface area contributed by atoms with Crippen LogP contribution in [0.2, 0.25) is 0 Å². The Morgan fingerprint density at radius 2 is 2.33 bits per heavy atom. The first-order chi connectivity index (χ1) is 7.20. The molecule has 3 nitrogen and oxygen atoms in total. The van der Waals surface area contributed by atoms with E-state index in [4.69, 9.17) is 11.6 Å². The van der Waals surface area contributed by atoms with Crippen LogP contribution in [0.25, 0.3) is 0 Å². The summed E-state index contributed by atoms with van der Waals surface area (Å²) in [6, 6.07) is 0. The molecule has 0 radical (unpaired) electrons. The summed E-state index contributed by atoms with van der Waals surface area (Å²) in [4.78, 5) is 4.26. The van der Waals surface area contributed by atoms with Crippen molar-refractivity contribution < 1.29 is 0 Å². The molecule has 15 heavy (non-hydrogen) atoms. The van der Waals surface area contributed by atoms with E-state index in [2.05, 4.69) is 14.9 Å². The topological polar surface area (TPSA) is 29.9 Å². The van der Waals surface area contributed by atoms with Crippen LogP contribution in [-0.2, 0) is 13.5 Å². The highest BCUT2D eigenvalue weighted by atomic mass is 35.5. The van der Waals surface area contributed by atoms with Crippen LogP contribution in [0.5, 0.6) is 0 Å². The minimum Gasteiger partial charge on any atom is -0.338 e. The lowest BCUT2D eigenvalue weighted by Gasteiger charge is -2.05. The maximum atomic E-state index is 5.85. The van der Waals surface area contributed by atoms with Gasteiger partial charge in [-0.2, -0.15) is 0 Å².